The number of rotatable bonds is 3. The third-order valence-electron chi connectivity index (χ3n) is 3.30. The summed E-state index contributed by atoms with van der Waals surface area (Å²) in [5.74, 6) is -1.59. The summed E-state index contributed by atoms with van der Waals surface area (Å²) in [4.78, 5) is 24.2. The monoisotopic (exact) mass is 317 g/mol. The number of morpholine rings is 1. The van der Waals surface area contributed by atoms with Gasteiger partial charge in [-0.25, -0.2) is 4.79 Å². The number of carboxylic acid groups (broad SMARTS) is 1. The first-order chi connectivity index (χ1) is 10.3. The van der Waals surface area contributed by atoms with Gasteiger partial charge >= 0.3 is 12.1 Å². The maximum Gasteiger partial charge on any atom is 0.416 e. The molecule has 2 rings (SSSR count). The maximum absolute atomic E-state index is 12.6. The highest BCUT2D eigenvalue weighted by atomic mass is 19.4. The van der Waals surface area contributed by atoms with E-state index in [1.54, 1.807) is 0 Å². The Bertz CT molecular complexity index is 573. The van der Waals surface area contributed by atoms with Crippen molar-refractivity contribution in [3.8, 4) is 0 Å². The third-order valence-corrected chi connectivity index (χ3v) is 3.30. The summed E-state index contributed by atoms with van der Waals surface area (Å²) < 4.78 is 42.9. The SMILES string of the molecule is O=C(O)[C@@H]1CN(C(=O)Cc2cccc(C(F)(F)F)c2)CCO1. The van der Waals surface area contributed by atoms with Crippen LogP contribution in [-0.2, 0) is 26.9 Å². The summed E-state index contributed by atoms with van der Waals surface area (Å²) in [5, 5.41) is 8.87. The largest absolute Gasteiger partial charge is 0.479 e. The minimum Gasteiger partial charge on any atom is -0.479 e. The van der Waals surface area contributed by atoms with Crippen LogP contribution in [0.5, 0.6) is 0 Å². The molecule has 1 N–H and O–H groups in total. The van der Waals surface area contributed by atoms with Gasteiger partial charge in [0.1, 0.15) is 0 Å². The van der Waals surface area contributed by atoms with E-state index in [0.29, 0.717) is 0 Å². The number of hydrogen-bond donors (Lipinski definition) is 1. The molecule has 0 unspecified atom stereocenters. The van der Waals surface area contributed by atoms with Gasteiger partial charge < -0.3 is 14.7 Å². The lowest BCUT2D eigenvalue weighted by Crippen LogP contribution is -2.49. The minimum absolute atomic E-state index is 0.0886. The molecule has 5 nitrogen and oxygen atoms in total. The van der Waals surface area contributed by atoms with Crippen LogP contribution in [0.1, 0.15) is 11.1 Å². The molecule has 0 aromatic heterocycles. The fraction of sp³-hybridized carbons (Fsp3) is 0.429. The molecule has 1 amide bonds. The number of carbonyl (C=O) groups is 2. The molecule has 0 saturated carbocycles. The molecule has 1 saturated heterocycles. The number of nitrogens with zero attached hydrogens (tertiary/aromatic N) is 1. The average Bonchev–Trinajstić information content (AvgIpc) is 2.46. The standard InChI is InChI=1S/C14H14F3NO4/c15-14(16,17)10-3-1-2-9(6-10)7-12(19)18-4-5-22-11(8-18)13(20)21/h1-3,6,11H,4-5,7-8H2,(H,20,21)/t11-/m0/s1. The van der Waals surface area contributed by atoms with Crippen molar-refractivity contribution in [2.24, 2.45) is 0 Å². The molecule has 1 fully saturated rings. The van der Waals surface area contributed by atoms with Gasteiger partial charge in [-0.15, -0.1) is 0 Å². The average molecular weight is 317 g/mol. The molecule has 0 radical (unpaired) electrons. The molecule has 8 heteroatoms. The summed E-state index contributed by atoms with van der Waals surface area (Å²) in [6.07, 6.45) is -5.78. The van der Waals surface area contributed by atoms with Gasteiger partial charge in [-0.3, -0.25) is 4.79 Å². The van der Waals surface area contributed by atoms with Gasteiger partial charge in [0.15, 0.2) is 6.10 Å². The Morgan fingerprint density at radius 3 is 2.73 bits per heavy atom. The Labute approximate surface area is 124 Å². The van der Waals surface area contributed by atoms with Gasteiger partial charge in [-0.2, -0.15) is 13.2 Å². The smallest absolute Gasteiger partial charge is 0.416 e. The van der Waals surface area contributed by atoms with Gasteiger partial charge in [-0.1, -0.05) is 18.2 Å². The van der Waals surface area contributed by atoms with Crippen molar-refractivity contribution in [3.63, 3.8) is 0 Å². The second-order valence-corrected chi connectivity index (χ2v) is 4.91. The van der Waals surface area contributed by atoms with Crippen LogP contribution in [0.4, 0.5) is 13.2 Å². The van der Waals surface area contributed by atoms with Crippen LogP contribution < -0.4 is 0 Å². The normalized spacial score (nSPS) is 19.0. The number of benzene rings is 1. The molecule has 1 aromatic rings. The van der Waals surface area contributed by atoms with Crippen LogP contribution in [-0.4, -0.2) is 47.7 Å². The Morgan fingerprint density at radius 2 is 2.09 bits per heavy atom. The van der Waals surface area contributed by atoms with Crippen molar-refractivity contribution in [2.75, 3.05) is 19.7 Å². The van der Waals surface area contributed by atoms with E-state index in [-0.39, 0.29) is 31.7 Å². The van der Waals surface area contributed by atoms with Gasteiger partial charge in [-0.05, 0) is 11.6 Å². The topological polar surface area (TPSA) is 66.8 Å². The summed E-state index contributed by atoms with van der Waals surface area (Å²) in [6.45, 7) is 0.208. The fourth-order valence-corrected chi connectivity index (χ4v) is 2.17. The van der Waals surface area contributed by atoms with Crippen LogP contribution >= 0.6 is 0 Å². The molecular formula is C14H14F3NO4. The zero-order chi connectivity index (χ0) is 16.3. The Hall–Kier alpha value is -2.09. The van der Waals surface area contributed by atoms with Crippen LogP contribution in [0.15, 0.2) is 24.3 Å². The molecule has 1 heterocycles. The van der Waals surface area contributed by atoms with E-state index in [4.69, 9.17) is 9.84 Å². The second-order valence-electron chi connectivity index (χ2n) is 4.91. The van der Waals surface area contributed by atoms with Crippen LogP contribution in [0.25, 0.3) is 0 Å². The molecule has 0 spiro atoms. The summed E-state index contributed by atoms with van der Waals surface area (Å²) >= 11 is 0. The predicted molar refractivity (Wildman–Crippen MR) is 69.1 cm³/mol. The number of halogens is 3. The van der Waals surface area contributed by atoms with Crippen LogP contribution in [0.3, 0.4) is 0 Å². The van der Waals surface area contributed by atoms with Gasteiger partial charge in [0.25, 0.3) is 0 Å². The van der Waals surface area contributed by atoms with E-state index in [1.807, 2.05) is 0 Å². The van der Waals surface area contributed by atoms with Gasteiger partial charge in [0, 0.05) is 6.54 Å². The molecule has 120 valence electrons. The summed E-state index contributed by atoms with van der Waals surface area (Å²) in [6, 6.07) is 4.53. The maximum atomic E-state index is 12.6. The minimum atomic E-state index is -4.47. The summed E-state index contributed by atoms with van der Waals surface area (Å²) in [5.41, 5.74) is -0.582. The van der Waals surface area contributed by atoms with E-state index in [2.05, 4.69) is 0 Å². The highest BCUT2D eigenvalue weighted by Gasteiger charge is 2.31. The molecular weight excluding hydrogens is 303 g/mol. The van der Waals surface area contributed by atoms with Crippen molar-refractivity contribution < 1.29 is 32.6 Å². The first-order valence-electron chi connectivity index (χ1n) is 6.55. The zero-order valence-corrected chi connectivity index (χ0v) is 11.5. The Kier molecular flexibility index (Phi) is 4.70. The molecule has 1 aliphatic heterocycles. The van der Waals surface area contributed by atoms with Crippen molar-refractivity contribution in [2.45, 2.75) is 18.7 Å². The number of amides is 1. The van der Waals surface area contributed by atoms with E-state index in [9.17, 15) is 22.8 Å². The number of ether oxygens (including phenoxy) is 1. The Balaban J connectivity index is 2.04. The first-order valence-corrected chi connectivity index (χ1v) is 6.55. The predicted octanol–water partition coefficient (Wildman–Crippen LogP) is 1.56. The van der Waals surface area contributed by atoms with E-state index in [1.165, 1.54) is 17.0 Å². The van der Waals surface area contributed by atoms with Crippen molar-refractivity contribution >= 4 is 11.9 Å². The Morgan fingerprint density at radius 1 is 1.36 bits per heavy atom. The fourth-order valence-electron chi connectivity index (χ4n) is 2.17. The molecule has 0 bridgehead atoms. The molecule has 1 aliphatic rings. The van der Waals surface area contributed by atoms with Gasteiger partial charge in [0.2, 0.25) is 5.91 Å². The molecule has 22 heavy (non-hydrogen) atoms. The molecule has 1 aromatic carbocycles. The van der Waals surface area contributed by atoms with E-state index < -0.39 is 29.7 Å². The highest BCUT2D eigenvalue weighted by Crippen LogP contribution is 2.29. The number of carboxylic acids is 1. The lowest BCUT2D eigenvalue weighted by molar-refractivity contribution is -0.159. The van der Waals surface area contributed by atoms with E-state index >= 15 is 0 Å². The zero-order valence-electron chi connectivity index (χ0n) is 11.5. The number of carbonyl (C=O) groups excluding carboxylic acids is 1. The lowest BCUT2D eigenvalue weighted by atomic mass is 10.1. The molecule has 1 atom stereocenters. The van der Waals surface area contributed by atoms with Crippen LogP contribution in [0.2, 0.25) is 0 Å². The van der Waals surface area contributed by atoms with E-state index in [0.717, 1.165) is 12.1 Å². The van der Waals surface area contributed by atoms with Crippen molar-refractivity contribution in [1.29, 1.82) is 0 Å². The third kappa shape index (κ3) is 3.97. The quantitative estimate of drug-likeness (QED) is 0.919. The van der Waals surface area contributed by atoms with Gasteiger partial charge in [0.05, 0.1) is 25.1 Å². The lowest BCUT2D eigenvalue weighted by Gasteiger charge is -2.31. The number of aliphatic carboxylic acids is 1. The number of hydrogen-bond acceptors (Lipinski definition) is 3. The second kappa shape index (κ2) is 6.35. The van der Waals surface area contributed by atoms with Crippen molar-refractivity contribution in [3.05, 3.63) is 35.4 Å². The first kappa shape index (κ1) is 16.3. The summed E-state index contributed by atoms with van der Waals surface area (Å²) in [7, 11) is 0. The molecule has 0 aliphatic carbocycles. The van der Waals surface area contributed by atoms with Crippen LogP contribution in [0, 0.1) is 0 Å². The number of alkyl halides is 3. The highest BCUT2D eigenvalue weighted by molar-refractivity contribution is 5.80. The van der Waals surface area contributed by atoms with Crippen molar-refractivity contribution in [1.82, 2.24) is 4.90 Å².